The molecule has 0 aromatic heterocycles. The van der Waals surface area contributed by atoms with Gasteiger partial charge >= 0.3 is 0 Å². The van der Waals surface area contributed by atoms with Crippen LogP contribution in [0.15, 0.2) is 36.4 Å². The molecule has 1 nitrogen and oxygen atoms in total. The zero-order valence-electron chi connectivity index (χ0n) is 13.7. The Hall–Kier alpha value is -1.09. The van der Waals surface area contributed by atoms with Gasteiger partial charge < -0.3 is 4.74 Å². The smallest absolute Gasteiger partial charge is 0.123 e. The Kier molecular flexibility index (Phi) is 8.44. The lowest BCUT2D eigenvalue weighted by atomic mass is 10.1. The number of hydrogen-bond acceptors (Lipinski definition) is 1. The van der Waals surface area contributed by atoms with Crippen LogP contribution in [0.3, 0.4) is 0 Å². The molecule has 3 heteroatoms. The van der Waals surface area contributed by atoms with E-state index in [9.17, 15) is 4.39 Å². The van der Waals surface area contributed by atoms with Crippen molar-refractivity contribution in [3.05, 3.63) is 42.2 Å². The van der Waals surface area contributed by atoms with Crippen LogP contribution in [0, 0.1) is 5.82 Å². The minimum atomic E-state index is -0.196. The molecule has 0 N–H and O–H groups in total. The monoisotopic (exact) mass is 380 g/mol. The molecule has 0 unspecified atom stereocenters. The molecule has 2 aromatic carbocycles. The maximum absolute atomic E-state index is 13.1. The maximum atomic E-state index is 13.1. The third kappa shape index (κ3) is 6.90. The van der Waals surface area contributed by atoms with Crippen LogP contribution in [0.25, 0.3) is 10.8 Å². The number of unbranched alkanes of at least 4 members (excludes halogenated alkanes) is 7. The van der Waals surface area contributed by atoms with E-state index in [1.54, 1.807) is 12.1 Å². The highest BCUT2D eigenvalue weighted by atomic mass is 79.9. The molecule has 0 aliphatic carbocycles. The molecule has 0 fully saturated rings. The third-order valence-corrected chi connectivity index (χ3v) is 4.63. The zero-order valence-corrected chi connectivity index (χ0v) is 15.3. The second kappa shape index (κ2) is 10.6. The molecule has 2 aromatic rings. The lowest BCUT2D eigenvalue weighted by Gasteiger charge is -2.07. The van der Waals surface area contributed by atoms with Gasteiger partial charge in [-0.05, 0) is 47.9 Å². The zero-order chi connectivity index (χ0) is 16.3. The Balaban J connectivity index is 1.58. The number of halogens is 2. The number of alkyl halides is 1. The molecule has 0 aliphatic rings. The molecular formula is C20H26BrFO. The van der Waals surface area contributed by atoms with Gasteiger partial charge in [0.1, 0.15) is 11.6 Å². The van der Waals surface area contributed by atoms with Gasteiger partial charge in [0.05, 0.1) is 6.61 Å². The summed E-state index contributed by atoms with van der Waals surface area (Å²) in [6.07, 6.45) is 10.3. The van der Waals surface area contributed by atoms with E-state index in [0.717, 1.165) is 34.9 Å². The fourth-order valence-corrected chi connectivity index (χ4v) is 3.13. The number of rotatable bonds is 11. The van der Waals surface area contributed by atoms with Crippen molar-refractivity contribution < 1.29 is 9.13 Å². The molecule has 0 saturated heterocycles. The van der Waals surface area contributed by atoms with Gasteiger partial charge in [-0.15, -0.1) is 0 Å². The summed E-state index contributed by atoms with van der Waals surface area (Å²) in [5, 5.41) is 3.07. The first-order valence-corrected chi connectivity index (χ1v) is 9.80. The number of hydrogen-bond donors (Lipinski definition) is 0. The molecule has 0 spiro atoms. The van der Waals surface area contributed by atoms with Gasteiger partial charge in [0, 0.05) is 5.33 Å². The van der Waals surface area contributed by atoms with Crippen LogP contribution in [-0.4, -0.2) is 11.9 Å². The summed E-state index contributed by atoms with van der Waals surface area (Å²) in [5.74, 6) is 0.678. The quantitative estimate of drug-likeness (QED) is 0.305. The van der Waals surface area contributed by atoms with Gasteiger partial charge in [-0.2, -0.15) is 0 Å². The van der Waals surface area contributed by atoms with E-state index < -0.39 is 0 Å². The summed E-state index contributed by atoms with van der Waals surface area (Å²) in [6.45, 7) is 0.760. The summed E-state index contributed by atoms with van der Waals surface area (Å²) >= 11 is 3.47. The molecule has 0 radical (unpaired) electrons. The van der Waals surface area contributed by atoms with Crippen LogP contribution in [0.2, 0.25) is 0 Å². The van der Waals surface area contributed by atoms with Gasteiger partial charge in [0.2, 0.25) is 0 Å². The summed E-state index contributed by atoms with van der Waals surface area (Å²) in [7, 11) is 0. The van der Waals surface area contributed by atoms with E-state index in [2.05, 4.69) is 15.9 Å². The minimum absolute atomic E-state index is 0.196. The number of ether oxygens (including phenoxy) is 1. The summed E-state index contributed by atoms with van der Waals surface area (Å²) in [4.78, 5) is 0. The molecule has 0 bridgehead atoms. The Labute approximate surface area is 147 Å². The van der Waals surface area contributed by atoms with Crippen molar-refractivity contribution in [1.82, 2.24) is 0 Å². The van der Waals surface area contributed by atoms with Crippen molar-refractivity contribution in [1.29, 1.82) is 0 Å². The van der Waals surface area contributed by atoms with Gasteiger partial charge in [0.25, 0.3) is 0 Å². The van der Waals surface area contributed by atoms with E-state index >= 15 is 0 Å². The molecule has 0 aliphatic heterocycles. The first-order chi connectivity index (χ1) is 11.3. The molecule has 0 heterocycles. The average Bonchev–Trinajstić information content (AvgIpc) is 2.56. The highest BCUT2D eigenvalue weighted by Gasteiger charge is 1.99. The van der Waals surface area contributed by atoms with Gasteiger partial charge in [-0.1, -0.05) is 66.6 Å². The van der Waals surface area contributed by atoms with Gasteiger partial charge in [-0.3, -0.25) is 0 Å². The first-order valence-electron chi connectivity index (χ1n) is 8.68. The van der Waals surface area contributed by atoms with Crippen molar-refractivity contribution in [2.45, 2.75) is 51.4 Å². The number of fused-ring (bicyclic) bond motifs is 1. The fraction of sp³-hybridized carbons (Fsp3) is 0.500. The largest absolute Gasteiger partial charge is 0.494 e. The van der Waals surface area contributed by atoms with Crippen molar-refractivity contribution in [2.75, 3.05) is 11.9 Å². The fourth-order valence-electron chi connectivity index (χ4n) is 2.73. The van der Waals surface area contributed by atoms with Crippen LogP contribution in [0.1, 0.15) is 51.4 Å². The van der Waals surface area contributed by atoms with E-state index in [1.807, 2.05) is 18.2 Å². The Bertz CT molecular complexity index is 585. The predicted molar refractivity (Wildman–Crippen MR) is 100 cm³/mol. The number of benzene rings is 2. The van der Waals surface area contributed by atoms with Crippen molar-refractivity contribution >= 4 is 26.7 Å². The van der Waals surface area contributed by atoms with Crippen molar-refractivity contribution in [3.8, 4) is 5.75 Å². The molecular weight excluding hydrogens is 355 g/mol. The highest BCUT2D eigenvalue weighted by molar-refractivity contribution is 9.09. The Morgan fingerprint density at radius 1 is 0.739 bits per heavy atom. The second-order valence-corrected chi connectivity index (χ2v) is 6.81. The van der Waals surface area contributed by atoms with Crippen LogP contribution >= 0.6 is 15.9 Å². The molecule has 0 atom stereocenters. The topological polar surface area (TPSA) is 9.23 Å². The molecule has 23 heavy (non-hydrogen) atoms. The van der Waals surface area contributed by atoms with Crippen molar-refractivity contribution in [2.24, 2.45) is 0 Å². The lowest BCUT2D eigenvalue weighted by molar-refractivity contribution is 0.304. The highest BCUT2D eigenvalue weighted by Crippen LogP contribution is 2.22. The first kappa shape index (κ1) is 18.3. The van der Waals surface area contributed by atoms with Crippen LogP contribution < -0.4 is 4.74 Å². The Morgan fingerprint density at radius 2 is 1.35 bits per heavy atom. The van der Waals surface area contributed by atoms with Crippen LogP contribution in [-0.2, 0) is 0 Å². The average molecular weight is 381 g/mol. The normalized spacial score (nSPS) is 11.0. The molecule has 2 rings (SSSR count). The summed E-state index contributed by atoms with van der Waals surface area (Å²) in [5.41, 5.74) is 0. The van der Waals surface area contributed by atoms with Crippen molar-refractivity contribution in [3.63, 3.8) is 0 Å². The van der Waals surface area contributed by atoms with E-state index in [4.69, 9.17) is 4.74 Å². The predicted octanol–water partition coefficient (Wildman–Crippen LogP) is 6.87. The summed E-state index contributed by atoms with van der Waals surface area (Å²) in [6, 6.07) is 10.7. The minimum Gasteiger partial charge on any atom is -0.494 e. The molecule has 0 amide bonds. The van der Waals surface area contributed by atoms with Gasteiger partial charge in [-0.25, -0.2) is 4.39 Å². The molecule has 126 valence electrons. The Morgan fingerprint density at radius 3 is 2.09 bits per heavy atom. The van der Waals surface area contributed by atoms with E-state index in [1.165, 1.54) is 51.0 Å². The summed E-state index contributed by atoms with van der Waals surface area (Å²) < 4.78 is 18.9. The standard InChI is InChI=1S/C20H26BrFO/c21-13-7-5-3-1-2-4-6-8-14-23-20-12-10-17-15-19(22)11-9-18(17)16-20/h9-12,15-16H,1-8,13-14H2. The third-order valence-electron chi connectivity index (χ3n) is 4.07. The SMILES string of the molecule is Fc1ccc2cc(OCCCCCCCCCCBr)ccc2c1. The van der Waals surface area contributed by atoms with Crippen LogP contribution in [0.5, 0.6) is 5.75 Å². The second-order valence-electron chi connectivity index (χ2n) is 6.02. The molecule has 0 saturated carbocycles. The van der Waals surface area contributed by atoms with Gasteiger partial charge in [0.15, 0.2) is 0 Å². The van der Waals surface area contributed by atoms with E-state index in [0.29, 0.717) is 0 Å². The van der Waals surface area contributed by atoms with Crippen LogP contribution in [0.4, 0.5) is 4.39 Å². The lowest BCUT2D eigenvalue weighted by Crippen LogP contribution is -1.97. The maximum Gasteiger partial charge on any atom is 0.123 e. The van der Waals surface area contributed by atoms with E-state index in [-0.39, 0.29) is 5.82 Å².